The second-order valence-corrected chi connectivity index (χ2v) is 5.71. The molecule has 2 aromatic carbocycles. The van der Waals surface area contributed by atoms with Gasteiger partial charge in [-0.2, -0.15) is 0 Å². The van der Waals surface area contributed by atoms with Crippen molar-refractivity contribution in [3.05, 3.63) is 64.7 Å². The van der Waals surface area contributed by atoms with Gasteiger partial charge in [0.15, 0.2) is 0 Å². The van der Waals surface area contributed by atoms with Crippen LogP contribution in [0, 0.1) is 6.92 Å². The second kappa shape index (κ2) is 4.90. The summed E-state index contributed by atoms with van der Waals surface area (Å²) in [4.78, 5) is 0. The fourth-order valence-corrected chi connectivity index (χ4v) is 2.81. The Labute approximate surface area is 119 Å². The Balaban J connectivity index is 1.90. The van der Waals surface area contributed by atoms with Gasteiger partial charge in [-0.15, -0.1) is 11.6 Å². The molecule has 1 aliphatic heterocycles. The number of halogens is 1. The van der Waals surface area contributed by atoms with E-state index in [1.807, 2.05) is 6.07 Å². The van der Waals surface area contributed by atoms with E-state index in [9.17, 15) is 0 Å². The largest absolute Gasteiger partial charge is 0.490 e. The maximum absolute atomic E-state index is 6.58. The normalized spacial score (nSPS) is 18.8. The van der Waals surface area contributed by atoms with E-state index in [4.69, 9.17) is 16.3 Å². The summed E-state index contributed by atoms with van der Waals surface area (Å²) in [5, 5.41) is -0.0955. The number of benzene rings is 2. The average Bonchev–Trinajstić information content (AvgIpc) is 2.77. The third-order valence-corrected chi connectivity index (χ3v) is 4.09. The first-order valence-corrected chi connectivity index (χ1v) is 7.07. The minimum atomic E-state index is -0.0955. The molecular formula is C17H17ClO. The molecule has 0 radical (unpaired) electrons. The van der Waals surface area contributed by atoms with Crippen LogP contribution < -0.4 is 4.74 Å². The Morgan fingerprint density at radius 1 is 1.11 bits per heavy atom. The Morgan fingerprint density at radius 2 is 1.79 bits per heavy atom. The van der Waals surface area contributed by atoms with E-state index in [0.29, 0.717) is 0 Å². The highest BCUT2D eigenvalue weighted by atomic mass is 35.5. The summed E-state index contributed by atoms with van der Waals surface area (Å²) in [7, 11) is 0. The molecule has 1 nitrogen and oxygen atoms in total. The van der Waals surface area contributed by atoms with Crippen molar-refractivity contribution < 1.29 is 4.74 Å². The lowest BCUT2D eigenvalue weighted by atomic mass is 10.00. The lowest BCUT2D eigenvalue weighted by Gasteiger charge is -2.12. The van der Waals surface area contributed by atoms with Crippen LogP contribution in [0.3, 0.4) is 0 Å². The Morgan fingerprint density at radius 3 is 2.53 bits per heavy atom. The molecular weight excluding hydrogens is 256 g/mol. The van der Waals surface area contributed by atoms with Crippen molar-refractivity contribution in [2.75, 3.05) is 0 Å². The van der Waals surface area contributed by atoms with Gasteiger partial charge in [0.25, 0.3) is 0 Å². The summed E-state index contributed by atoms with van der Waals surface area (Å²) in [6.45, 7) is 4.18. The van der Waals surface area contributed by atoms with Gasteiger partial charge in [0.2, 0.25) is 0 Å². The van der Waals surface area contributed by atoms with Crippen molar-refractivity contribution in [2.24, 2.45) is 0 Å². The first-order valence-electron chi connectivity index (χ1n) is 6.63. The van der Waals surface area contributed by atoms with E-state index in [0.717, 1.165) is 23.3 Å². The molecule has 1 aliphatic rings. The predicted molar refractivity (Wildman–Crippen MR) is 79.1 cm³/mol. The molecule has 0 N–H and O–H groups in total. The average molecular weight is 273 g/mol. The number of hydrogen-bond donors (Lipinski definition) is 0. The van der Waals surface area contributed by atoms with E-state index < -0.39 is 0 Å². The van der Waals surface area contributed by atoms with Gasteiger partial charge in [-0.3, -0.25) is 0 Å². The fraction of sp³-hybridized carbons (Fsp3) is 0.294. The van der Waals surface area contributed by atoms with Gasteiger partial charge >= 0.3 is 0 Å². The molecule has 19 heavy (non-hydrogen) atoms. The minimum Gasteiger partial charge on any atom is -0.490 e. The maximum atomic E-state index is 6.58. The molecule has 2 unspecified atom stereocenters. The Kier molecular flexibility index (Phi) is 3.24. The van der Waals surface area contributed by atoms with Gasteiger partial charge in [-0.1, -0.05) is 42.0 Å². The molecule has 0 bridgehead atoms. The Hall–Kier alpha value is -1.47. The quantitative estimate of drug-likeness (QED) is 0.723. The van der Waals surface area contributed by atoms with Crippen molar-refractivity contribution >= 4 is 11.6 Å². The SMILES string of the molecule is Cc1ccc(C(Cl)c2ccc3c(c2)CC(C)O3)cc1. The molecule has 2 aromatic rings. The monoisotopic (exact) mass is 272 g/mol. The van der Waals surface area contributed by atoms with Gasteiger partial charge < -0.3 is 4.74 Å². The van der Waals surface area contributed by atoms with Crippen LogP contribution in [0.15, 0.2) is 42.5 Å². The first kappa shape index (κ1) is 12.6. The van der Waals surface area contributed by atoms with Crippen LogP contribution in [0.25, 0.3) is 0 Å². The zero-order chi connectivity index (χ0) is 13.4. The molecule has 0 spiro atoms. The highest BCUT2D eigenvalue weighted by Crippen LogP contribution is 2.35. The number of hydrogen-bond acceptors (Lipinski definition) is 1. The molecule has 0 aliphatic carbocycles. The number of fused-ring (bicyclic) bond motifs is 1. The van der Waals surface area contributed by atoms with Crippen molar-refractivity contribution in [1.29, 1.82) is 0 Å². The molecule has 3 rings (SSSR count). The summed E-state index contributed by atoms with van der Waals surface area (Å²) < 4.78 is 5.72. The van der Waals surface area contributed by atoms with Gasteiger partial charge in [-0.25, -0.2) is 0 Å². The van der Waals surface area contributed by atoms with Crippen molar-refractivity contribution in [3.63, 3.8) is 0 Å². The van der Waals surface area contributed by atoms with E-state index in [2.05, 4.69) is 50.2 Å². The van der Waals surface area contributed by atoms with Crippen LogP contribution in [0.5, 0.6) is 5.75 Å². The van der Waals surface area contributed by atoms with Crippen LogP contribution in [-0.2, 0) is 6.42 Å². The second-order valence-electron chi connectivity index (χ2n) is 5.27. The molecule has 1 heterocycles. The summed E-state index contributed by atoms with van der Waals surface area (Å²) in [5.74, 6) is 1.00. The minimum absolute atomic E-state index is 0.0955. The zero-order valence-corrected chi connectivity index (χ0v) is 11.9. The topological polar surface area (TPSA) is 9.23 Å². The summed E-state index contributed by atoms with van der Waals surface area (Å²) in [6, 6.07) is 14.7. The molecule has 0 saturated carbocycles. The summed E-state index contributed by atoms with van der Waals surface area (Å²) in [6.07, 6.45) is 1.25. The predicted octanol–water partition coefficient (Wildman–Crippen LogP) is 4.65. The van der Waals surface area contributed by atoms with E-state index >= 15 is 0 Å². The first-order chi connectivity index (χ1) is 9.13. The van der Waals surface area contributed by atoms with Crippen LogP contribution in [0.2, 0.25) is 0 Å². The third kappa shape index (κ3) is 2.48. The van der Waals surface area contributed by atoms with Crippen molar-refractivity contribution in [1.82, 2.24) is 0 Å². The summed E-state index contributed by atoms with van der Waals surface area (Å²) in [5.41, 5.74) is 4.80. The number of ether oxygens (including phenoxy) is 1. The van der Waals surface area contributed by atoms with Gasteiger partial charge in [-0.05, 0) is 36.6 Å². The molecule has 2 atom stereocenters. The highest BCUT2D eigenvalue weighted by Gasteiger charge is 2.20. The van der Waals surface area contributed by atoms with Gasteiger partial charge in [0.05, 0.1) is 5.38 Å². The van der Waals surface area contributed by atoms with Crippen molar-refractivity contribution in [3.8, 4) is 5.75 Å². The van der Waals surface area contributed by atoms with Crippen LogP contribution in [-0.4, -0.2) is 6.10 Å². The number of alkyl halides is 1. The van der Waals surface area contributed by atoms with Gasteiger partial charge in [0.1, 0.15) is 11.9 Å². The molecule has 98 valence electrons. The summed E-state index contributed by atoms with van der Waals surface area (Å²) >= 11 is 6.58. The molecule has 0 fully saturated rings. The standard InChI is InChI=1S/C17H17ClO/c1-11-3-5-13(6-4-11)17(18)14-7-8-16-15(10-14)9-12(2)19-16/h3-8,10,12,17H,9H2,1-2H3. The fourth-order valence-electron chi connectivity index (χ4n) is 2.53. The molecule has 0 saturated heterocycles. The molecule has 0 aromatic heterocycles. The van der Waals surface area contributed by atoms with Gasteiger partial charge in [0, 0.05) is 6.42 Å². The van der Waals surface area contributed by atoms with Crippen LogP contribution in [0.1, 0.15) is 34.6 Å². The van der Waals surface area contributed by atoms with E-state index in [1.54, 1.807) is 0 Å². The zero-order valence-electron chi connectivity index (χ0n) is 11.2. The Bertz CT molecular complexity index is 589. The third-order valence-electron chi connectivity index (χ3n) is 3.58. The lowest BCUT2D eigenvalue weighted by Crippen LogP contribution is -2.05. The van der Waals surface area contributed by atoms with Crippen LogP contribution in [0.4, 0.5) is 0 Å². The number of rotatable bonds is 2. The number of aryl methyl sites for hydroxylation is 1. The van der Waals surface area contributed by atoms with E-state index in [-0.39, 0.29) is 11.5 Å². The smallest absolute Gasteiger partial charge is 0.123 e. The molecule has 2 heteroatoms. The maximum Gasteiger partial charge on any atom is 0.123 e. The van der Waals surface area contributed by atoms with E-state index in [1.165, 1.54) is 11.1 Å². The van der Waals surface area contributed by atoms with Crippen LogP contribution >= 0.6 is 11.6 Å². The molecule has 0 amide bonds. The highest BCUT2D eigenvalue weighted by molar-refractivity contribution is 6.22. The lowest BCUT2D eigenvalue weighted by molar-refractivity contribution is 0.254. The van der Waals surface area contributed by atoms with Crippen molar-refractivity contribution in [2.45, 2.75) is 31.7 Å².